The Morgan fingerprint density at radius 3 is 2.42 bits per heavy atom. The highest BCUT2D eigenvalue weighted by molar-refractivity contribution is 5.99. The van der Waals surface area contributed by atoms with Gasteiger partial charge < -0.3 is 15.5 Å². The first kappa shape index (κ1) is 26.2. The topological polar surface area (TPSA) is 69.6 Å². The molecule has 0 aliphatic heterocycles. The summed E-state index contributed by atoms with van der Waals surface area (Å²) in [6.45, 7) is 8.73. The van der Waals surface area contributed by atoms with Gasteiger partial charge in [0.15, 0.2) is 0 Å². The highest BCUT2D eigenvalue weighted by Gasteiger charge is 2.22. The number of aryl methyl sites for hydroxylation is 1. The summed E-state index contributed by atoms with van der Waals surface area (Å²) in [6, 6.07) is 11.4. The second kappa shape index (κ2) is 13.5. The van der Waals surface area contributed by atoms with Crippen LogP contribution < -0.4 is 5.32 Å². The molecule has 0 spiro atoms. The molecule has 0 aliphatic carbocycles. The number of phenolic OH excluding ortho intramolecular Hbond substituents is 2. The lowest BCUT2D eigenvalue weighted by molar-refractivity contribution is 0.0947. The zero-order valence-electron chi connectivity index (χ0n) is 20.6. The van der Waals surface area contributed by atoms with Crippen LogP contribution in [0.3, 0.4) is 0 Å². The SMILES string of the molecule is CCCCCc1cc(O)c(C/C=C(\C)CCC=C(C)C)c(O)c1C(=O)NCc1ccccc1. The molecule has 0 heterocycles. The molecular weight excluding hydrogens is 410 g/mol. The molecule has 2 rings (SSSR count). The summed E-state index contributed by atoms with van der Waals surface area (Å²) in [6.07, 6.45) is 10.1. The van der Waals surface area contributed by atoms with Crippen LogP contribution in [0, 0.1) is 0 Å². The summed E-state index contributed by atoms with van der Waals surface area (Å²) in [4.78, 5) is 13.1. The van der Waals surface area contributed by atoms with Crippen LogP contribution in [0.15, 0.2) is 59.7 Å². The van der Waals surface area contributed by atoms with E-state index in [1.807, 2.05) is 36.4 Å². The number of aromatic hydroxyl groups is 2. The quantitative estimate of drug-likeness (QED) is 0.241. The van der Waals surface area contributed by atoms with Gasteiger partial charge >= 0.3 is 0 Å². The zero-order chi connectivity index (χ0) is 24.2. The summed E-state index contributed by atoms with van der Waals surface area (Å²) in [5, 5.41) is 24.7. The Kier molecular flexibility index (Phi) is 10.8. The first-order valence-electron chi connectivity index (χ1n) is 12.0. The Bertz CT molecular complexity index is 970. The molecule has 0 unspecified atom stereocenters. The van der Waals surface area contributed by atoms with E-state index >= 15 is 0 Å². The van der Waals surface area contributed by atoms with E-state index in [4.69, 9.17) is 0 Å². The number of rotatable bonds is 12. The molecule has 0 radical (unpaired) electrons. The van der Waals surface area contributed by atoms with Crippen LogP contribution in [0.5, 0.6) is 11.5 Å². The van der Waals surface area contributed by atoms with Gasteiger partial charge in [0.05, 0.1) is 5.56 Å². The van der Waals surface area contributed by atoms with Gasteiger partial charge in [-0.25, -0.2) is 0 Å². The highest BCUT2D eigenvalue weighted by Crippen LogP contribution is 2.35. The molecule has 178 valence electrons. The fourth-order valence-corrected chi connectivity index (χ4v) is 3.80. The van der Waals surface area contributed by atoms with Crippen molar-refractivity contribution >= 4 is 5.91 Å². The molecular formula is C29H39NO3. The third-order valence-electron chi connectivity index (χ3n) is 5.78. The normalized spacial score (nSPS) is 11.3. The molecule has 0 bridgehead atoms. The standard InChI is InChI=1S/C29H39NO3/c1-5-6-8-16-24-19-26(31)25(18-17-22(4)13-11-12-21(2)3)28(32)27(24)29(33)30-20-23-14-9-7-10-15-23/h7,9-10,12,14-15,17,19,31-32H,5-6,8,11,13,16,18,20H2,1-4H3,(H,30,33)/b22-17+. The predicted octanol–water partition coefficient (Wildman–Crippen LogP) is 7.00. The van der Waals surface area contributed by atoms with Gasteiger partial charge in [0.2, 0.25) is 0 Å². The molecule has 33 heavy (non-hydrogen) atoms. The number of unbranched alkanes of at least 4 members (excludes halogenated alkanes) is 2. The fraction of sp³-hybridized carbons (Fsp3) is 0.414. The highest BCUT2D eigenvalue weighted by atomic mass is 16.3. The van der Waals surface area contributed by atoms with Crippen LogP contribution in [-0.2, 0) is 19.4 Å². The van der Waals surface area contributed by atoms with Gasteiger partial charge in [0.25, 0.3) is 5.91 Å². The van der Waals surface area contributed by atoms with Crippen LogP contribution in [0.4, 0.5) is 0 Å². The maximum Gasteiger partial charge on any atom is 0.255 e. The minimum absolute atomic E-state index is 0.0481. The van der Waals surface area contributed by atoms with E-state index < -0.39 is 0 Å². The Morgan fingerprint density at radius 1 is 1.03 bits per heavy atom. The van der Waals surface area contributed by atoms with Gasteiger partial charge in [0.1, 0.15) is 11.5 Å². The van der Waals surface area contributed by atoms with E-state index in [9.17, 15) is 15.0 Å². The maximum atomic E-state index is 13.1. The van der Waals surface area contributed by atoms with Crippen molar-refractivity contribution in [1.29, 1.82) is 0 Å². The monoisotopic (exact) mass is 449 g/mol. The minimum atomic E-state index is -0.312. The second-order valence-corrected chi connectivity index (χ2v) is 8.96. The second-order valence-electron chi connectivity index (χ2n) is 8.96. The van der Waals surface area contributed by atoms with Gasteiger partial charge in [-0.15, -0.1) is 0 Å². The number of carbonyl (C=O) groups excluding carboxylic acids is 1. The summed E-state index contributed by atoms with van der Waals surface area (Å²) >= 11 is 0. The number of phenols is 2. The molecule has 0 atom stereocenters. The average molecular weight is 450 g/mol. The van der Waals surface area contributed by atoms with Gasteiger partial charge in [-0.05, 0) is 70.1 Å². The summed E-state index contributed by atoms with van der Waals surface area (Å²) < 4.78 is 0. The van der Waals surface area contributed by atoms with Gasteiger partial charge in [-0.2, -0.15) is 0 Å². The number of hydrogen-bond acceptors (Lipinski definition) is 3. The number of carbonyl (C=O) groups is 1. The Labute approximate surface area is 199 Å². The first-order chi connectivity index (χ1) is 15.8. The number of hydrogen-bond donors (Lipinski definition) is 3. The fourth-order valence-electron chi connectivity index (χ4n) is 3.80. The maximum absolute atomic E-state index is 13.1. The Balaban J connectivity index is 2.28. The largest absolute Gasteiger partial charge is 0.508 e. The number of allylic oxidation sites excluding steroid dienone is 4. The van der Waals surface area contributed by atoms with Crippen molar-refractivity contribution in [3.05, 3.63) is 82.0 Å². The molecule has 2 aromatic rings. The molecule has 4 heteroatoms. The van der Waals surface area contributed by atoms with Crippen LogP contribution in [-0.4, -0.2) is 16.1 Å². The van der Waals surface area contributed by atoms with E-state index in [-0.39, 0.29) is 23.0 Å². The van der Waals surface area contributed by atoms with E-state index in [0.29, 0.717) is 30.5 Å². The summed E-state index contributed by atoms with van der Waals surface area (Å²) in [5.41, 5.74) is 4.85. The molecule has 0 aliphatic rings. The molecule has 0 saturated carbocycles. The average Bonchev–Trinajstić information content (AvgIpc) is 2.78. The third-order valence-corrected chi connectivity index (χ3v) is 5.78. The van der Waals surface area contributed by atoms with E-state index in [1.165, 1.54) is 11.1 Å². The van der Waals surface area contributed by atoms with E-state index in [0.717, 1.165) is 37.7 Å². The van der Waals surface area contributed by atoms with Crippen molar-refractivity contribution < 1.29 is 15.0 Å². The lowest BCUT2D eigenvalue weighted by Gasteiger charge is -2.16. The van der Waals surface area contributed by atoms with E-state index in [2.05, 4.69) is 39.1 Å². The zero-order valence-corrected chi connectivity index (χ0v) is 20.6. The van der Waals surface area contributed by atoms with Crippen molar-refractivity contribution in [3.8, 4) is 11.5 Å². The molecule has 3 N–H and O–H groups in total. The van der Waals surface area contributed by atoms with Crippen LogP contribution >= 0.6 is 0 Å². The first-order valence-corrected chi connectivity index (χ1v) is 12.0. The summed E-state index contributed by atoms with van der Waals surface area (Å²) in [5.74, 6) is -0.374. The van der Waals surface area contributed by atoms with Crippen LogP contribution in [0.1, 0.15) is 86.8 Å². The van der Waals surface area contributed by atoms with Crippen molar-refractivity contribution in [2.75, 3.05) is 0 Å². The molecule has 4 nitrogen and oxygen atoms in total. The summed E-state index contributed by atoms with van der Waals surface area (Å²) in [7, 11) is 0. The Morgan fingerprint density at radius 2 is 1.76 bits per heavy atom. The molecule has 0 saturated heterocycles. The molecule has 0 aromatic heterocycles. The molecule has 0 fully saturated rings. The lowest BCUT2D eigenvalue weighted by atomic mass is 9.94. The number of amides is 1. The van der Waals surface area contributed by atoms with Gasteiger partial charge in [-0.3, -0.25) is 4.79 Å². The third kappa shape index (κ3) is 8.45. The minimum Gasteiger partial charge on any atom is -0.508 e. The molecule has 1 amide bonds. The van der Waals surface area contributed by atoms with Crippen LogP contribution in [0.2, 0.25) is 0 Å². The van der Waals surface area contributed by atoms with Crippen molar-refractivity contribution in [1.82, 2.24) is 5.32 Å². The predicted molar refractivity (Wildman–Crippen MR) is 137 cm³/mol. The van der Waals surface area contributed by atoms with E-state index in [1.54, 1.807) is 6.07 Å². The van der Waals surface area contributed by atoms with Gasteiger partial charge in [-0.1, -0.05) is 73.4 Å². The van der Waals surface area contributed by atoms with Crippen molar-refractivity contribution in [2.24, 2.45) is 0 Å². The smallest absolute Gasteiger partial charge is 0.255 e. The Hall–Kier alpha value is -3.01. The van der Waals surface area contributed by atoms with Gasteiger partial charge in [0, 0.05) is 12.1 Å². The molecule has 2 aromatic carbocycles. The lowest BCUT2D eigenvalue weighted by Crippen LogP contribution is -2.24. The number of nitrogens with one attached hydrogen (secondary N) is 1. The number of benzene rings is 2. The van der Waals surface area contributed by atoms with Crippen molar-refractivity contribution in [3.63, 3.8) is 0 Å². The van der Waals surface area contributed by atoms with Crippen LogP contribution in [0.25, 0.3) is 0 Å². The van der Waals surface area contributed by atoms with Crippen molar-refractivity contribution in [2.45, 2.75) is 79.2 Å².